The number of aromatic amines is 1. The van der Waals surface area contributed by atoms with Crippen LogP contribution in [0.1, 0.15) is 5.69 Å². The molecular weight excluding hydrogens is 250 g/mol. The lowest BCUT2D eigenvalue weighted by Crippen LogP contribution is -2.22. The zero-order valence-corrected chi connectivity index (χ0v) is 11.3. The molecule has 0 unspecified atom stereocenters. The lowest BCUT2D eigenvalue weighted by Gasteiger charge is -2.11. The Morgan fingerprint density at radius 3 is 2.22 bits per heavy atom. The van der Waals surface area contributed by atoms with Crippen molar-refractivity contribution in [3.8, 4) is 11.3 Å². The Hall–Kier alpha value is -1.66. The van der Waals surface area contributed by atoms with Gasteiger partial charge in [0.15, 0.2) is 0 Å². The average molecular weight is 265 g/mol. The number of H-pyrrole nitrogens is 1. The molecule has 0 spiro atoms. The van der Waals surface area contributed by atoms with Gasteiger partial charge in [0.1, 0.15) is 0 Å². The summed E-state index contributed by atoms with van der Waals surface area (Å²) in [4.78, 5) is 0.285. The number of aromatic nitrogens is 2. The number of sulfonamides is 1. The van der Waals surface area contributed by atoms with Crippen LogP contribution in [-0.4, -0.2) is 37.0 Å². The van der Waals surface area contributed by atoms with Crippen molar-refractivity contribution in [2.45, 2.75) is 11.8 Å². The molecule has 1 heterocycles. The first-order valence-corrected chi connectivity index (χ1v) is 6.90. The summed E-state index contributed by atoms with van der Waals surface area (Å²) in [6.07, 6.45) is 0. The van der Waals surface area contributed by atoms with Gasteiger partial charge in [-0.1, -0.05) is 12.1 Å². The molecule has 0 radical (unpaired) electrons. The molecule has 0 bridgehead atoms. The van der Waals surface area contributed by atoms with Gasteiger partial charge in [-0.25, -0.2) is 12.7 Å². The van der Waals surface area contributed by atoms with Gasteiger partial charge in [0.2, 0.25) is 10.0 Å². The van der Waals surface area contributed by atoms with Crippen LogP contribution in [-0.2, 0) is 10.0 Å². The Bertz CT molecular complexity index is 642. The monoisotopic (exact) mass is 265 g/mol. The fourth-order valence-corrected chi connectivity index (χ4v) is 2.49. The minimum absolute atomic E-state index is 0.285. The van der Waals surface area contributed by atoms with Crippen LogP contribution in [0.4, 0.5) is 0 Å². The highest BCUT2D eigenvalue weighted by molar-refractivity contribution is 7.89. The van der Waals surface area contributed by atoms with Crippen molar-refractivity contribution in [1.82, 2.24) is 14.5 Å². The number of benzene rings is 1. The summed E-state index contributed by atoms with van der Waals surface area (Å²) < 4.78 is 25.0. The second-order valence-corrected chi connectivity index (χ2v) is 6.39. The fraction of sp³-hybridized carbons (Fsp3) is 0.250. The average Bonchev–Trinajstić information content (AvgIpc) is 2.76. The van der Waals surface area contributed by atoms with Crippen molar-refractivity contribution in [3.05, 3.63) is 36.0 Å². The first-order chi connectivity index (χ1) is 8.41. The topological polar surface area (TPSA) is 66.1 Å². The van der Waals surface area contributed by atoms with Crippen molar-refractivity contribution in [2.75, 3.05) is 14.1 Å². The summed E-state index contributed by atoms with van der Waals surface area (Å²) in [6, 6.07) is 8.64. The molecule has 0 saturated carbocycles. The highest BCUT2D eigenvalue weighted by atomic mass is 32.2. The fourth-order valence-electron chi connectivity index (χ4n) is 1.59. The number of hydrogen-bond acceptors (Lipinski definition) is 3. The summed E-state index contributed by atoms with van der Waals surface area (Å²) in [5, 5.41) is 6.93. The van der Waals surface area contributed by atoms with Crippen LogP contribution in [0.5, 0.6) is 0 Å². The summed E-state index contributed by atoms with van der Waals surface area (Å²) in [5.41, 5.74) is 2.68. The van der Waals surface area contributed by atoms with E-state index >= 15 is 0 Å². The highest BCUT2D eigenvalue weighted by Gasteiger charge is 2.16. The predicted octanol–water partition coefficient (Wildman–Crippen LogP) is 1.64. The van der Waals surface area contributed by atoms with Crippen LogP contribution in [0.15, 0.2) is 35.2 Å². The Kier molecular flexibility index (Phi) is 3.23. The van der Waals surface area contributed by atoms with E-state index in [4.69, 9.17) is 0 Å². The Labute approximate surface area is 107 Å². The van der Waals surface area contributed by atoms with E-state index < -0.39 is 10.0 Å². The normalized spacial score (nSPS) is 12.0. The molecule has 6 heteroatoms. The van der Waals surface area contributed by atoms with Gasteiger partial charge in [-0.15, -0.1) is 0 Å². The summed E-state index contributed by atoms with van der Waals surface area (Å²) in [6.45, 7) is 1.89. The zero-order chi connectivity index (χ0) is 13.3. The number of rotatable bonds is 3. The molecule has 2 aromatic rings. The maximum Gasteiger partial charge on any atom is 0.242 e. The molecule has 0 amide bonds. The predicted molar refractivity (Wildman–Crippen MR) is 69.6 cm³/mol. The molecular formula is C12H15N3O2S. The smallest absolute Gasteiger partial charge is 0.242 e. The summed E-state index contributed by atoms with van der Waals surface area (Å²) >= 11 is 0. The van der Waals surface area contributed by atoms with Crippen LogP contribution >= 0.6 is 0 Å². The van der Waals surface area contributed by atoms with E-state index in [1.807, 2.05) is 13.0 Å². The molecule has 0 atom stereocenters. The standard InChI is InChI=1S/C12H15N3O2S/c1-9-8-12(14-13-9)10-4-6-11(7-5-10)18(16,17)15(2)3/h4-8H,1-3H3,(H,13,14). The van der Waals surface area contributed by atoms with Crippen LogP contribution in [0.2, 0.25) is 0 Å². The molecule has 0 fully saturated rings. The molecule has 96 valence electrons. The van der Waals surface area contributed by atoms with Gasteiger partial charge in [0.25, 0.3) is 0 Å². The molecule has 1 aromatic carbocycles. The van der Waals surface area contributed by atoms with E-state index in [2.05, 4.69) is 10.2 Å². The molecule has 0 saturated heterocycles. The molecule has 0 aliphatic carbocycles. The largest absolute Gasteiger partial charge is 0.278 e. The van der Waals surface area contributed by atoms with Gasteiger partial charge in [-0.05, 0) is 30.7 Å². The molecule has 0 aliphatic heterocycles. The van der Waals surface area contributed by atoms with Crippen molar-refractivity contribution in [3.63, 3.8) is 0 Å². The van der Waals surface area contributed by atoms with Crippen LogP contribution < -0.4 is 0 Å². The van der Waals surface area contributed by atoms with Crippen molar-refractivity contribution < 1.29 is 8.42 Å². The van der Waals surface area contributed by atoms with Gasteiger partial charge in [0, 0.05) is 14.1 Å². The Balaban J connectivity index is 2.37. The SMILES string of the molecule is Cc1cc(-c2ccc(S(=O)(=O)N(C)C)cc2)[nH]n1. The van der Waals surface area contributed by atoms with E-state index in [1.165, 1.54) is 18.4 Å². The number of aryl methyl sites for hydroxylation is 1. The van der Waals surface area contributed by atoms with E-state index in [1.54, 1.807) is 24.3 Å². The van der Waals surface area contributed by atoms with Gasteiger partial charge in [-0.2, -0.15) is 5.10 Å². The van der Waals surface area contributed by atoms with Crippen molar-refractivity contribution in [1.29, 1.82) is 0 Å². The summed E-state index contributed by atoms with van der Waals surface area (Å²) in [7, 11) is -0.332. The Morgan fingerprint density at radius 1 is 1.17 bits per heavy atom. The minimum Gasteiger partial charge on any atom is -0.278 e. The third kappa shape index (κ3) is 2.30. The third-order valence-electron chi connectivity index (χ3n) is 2.65. The minimum atomic E-state index is -3.36. The molecule has 18 heavy (non-hydrogen) atoms. The van der Waals surface area contributed by atoms with Crippen molar-refractivity contribution in [2.24, 2.45) is 0 Å². The summed E-state index contributed by atoms with van der Waals surface area (Å²) in [5.74, 6) is 0. The highest BCUT2D eigenvalue weighted by Crippen LogP contribution is 2.21. The molecule has 1 N–H and O–H groups in total. The Morgan fingerprint density at radius 2 is 1.78 bits per heavy atom. The first-order valence-electron chi connectivity index (χ1n) is 5.46. The van der Waals surface area contributed by atoms with Gasteiger partial charge in [-0.3, -0.25) is 5.10 Å². The zero-order valence-electron chi connectivity index (χ0n) is 10.5. The quantitative estimate of drug-likeness (QED) is 0.917. The van der Waals surface area contributed by atoms with Crippen LogP contribution in [0.25, 0.3) is 11.3 Å². The number of hydrogen-bond donors (Lipinski definition) is 1. The maximum absolute atomic E-state index is 11.9. The third-order valence-corrected chi connectivity index (χ3v) is 4.48. The molecule has 0 aliphatic rings. The molecule has 2 rings (SSSR count). The van der Waals surface area contributed by atoms with E-state index in [0.717, 1.165) is 17.0 Å². The second kappa shape index (κ2) is 4.55. The van der Waals surface area contributed by atoms with E-state index in [0.29, 0.717) is 0 Å². The van der Waals surface area contributed by atoms with E-state index in [9.17, 15) is 8.42 Å². The van der Waals surface area contributed by atoms with Gasteiger partial charge in [0.05, 0.1) is 16.3 Å². The second-order valence-electron chi connectivity index (χ2n) is 4.23. The van der Waals surface area contributed by atoms with E-state index in [-0.39, 0.29) is 4.90 Å². The van der Waals surface area contributed by atoms with Gasteiger partial charge >= 0.3 is 0 Å². The van der Waals surface area contributed by atoms with Crippen molar-refractivity contribution >= 4 is 10.0 Å². The lowest BCUT2D eigenvalue weighted by atomic mass is 10.1. The van der Waals surface area contributed by atoms with Crippen LogP contribution in [0, 0.1) is 6.92 Å². The first kappa shape index (κ1) is 12.8. The molecule has 1 aromatic heterocycles. The van der Waals surface area contributed by atoms with Gasteiger partial charge < -0.3 is 0 Å². The molecule has 5 nitrogen and oxygen atoms in total. The number of nitrogens with zero attached hydrogens (tertiary/aromatic N) is 2. The van der Waals surface area contributed by atoms with Crippen LogP contribution in [0.3, 0.4) is 0 Å². The number of nitrogens with one attached hydrogen (secondary N) is 1. The lowest BCUT2D eigenvalue weighted by molar-refractivity contribution is 0.521. The maximum atomic E-state index is 11.9.